The second-order valence-electron chi connectivity index (χ2n) is 7.45. The van der Waals surface area contributed by atoms with E-state index in [9.17, 15) is 9.18 Å². The van der Waals surface area contributed by atoms with Gasteiger partial charge in [-0.05, 0) is 25.2 Å². The molecule has 1 aliphatic rings. The second-order valence-corrected chi connectivity index (χ2v) is 7.45. The van der Waals surface area contributed by atoms with Crippen LogP contribution in [-0.4, -0.2) is 59.5 Å². The number of benzene rings is 2. The highest BCUT2D eigenvalue weighted by atomic mass is 19.1. The van der Waals surface area contributed by atoms with E-state index in [-0.39, 0.29) is 22.4 Å². The predicted octanol–water partition coefficient (Wildman–Crippen LogP) is 3.38. The summed E-state index contributed by atoms with van der Waals surface area (Å²) in [5.74, 6) is 0.952. The standard InChI is InChI=1S/C23H25FN2O5/c1-25-7-9-26(10-8-25)16-11-14(24)5-6-15(16)18-12-17(27)21-19(31-18)13-20(28-2)22(29-3)23(21)30-4/h5-6,11-13H,7-10H2,1-4H3. The first-order chi connectivity index (χ1) is 15.0. The van der Waals surface area contributed by atoms with Crippen molar-refractivity contribution in [2.75, 3.05) is 59.5 Å². The van der Waals surface area contributed by atoms with Crippen LogP contribution in [-0.2, 0) is 0 Å². The van der Waals surface area contributed by atoms with Crippen LogP contribution in [0.5, 0.6) is 17.2 Å². The summed E-state index contributed by atoms with van der Waals surface area (Å²) in [7, 11) is 6.48. The number of anilines is 1. The van der Waals surface area contributed by atoms with Crippen molar-refractivity contribution < 1.29 is 23.0 Å². The van der Waals surface area contributed by atoms with Crippen LogP contribution in [0.1, 0.15) is 0 Å². The number of ether oxygens (including phenoxy) is 3. The number of piperazine rings is 1. The van der Waals surface area contributed by atoms with Crippen LogP contribution in [0.4, 0.5) is 10.1 Å². The van der Waals surface area contributed by atoms with Crippen molar-refractivity contribution in [2.45, 2.75) is 0 Å². The zero-order valence-electron chi connectivity index (χ0n) is 18.0. The van der Waals surface area contributed by atoms with Gasteiger partial charge in [0, 0.05) is 43.9 Å². The first kappa shape index (κ1) is 21.0. The third-order valence-electron chi connectivity index (χ3n) is 5.59. The number of fused-ring (bicyclic) bond motifs is 1. The smallest absolute Gasteiger partial charge is 0.204 e. The molecule has 0 N–H and O–H groups in total. The lowest BCUT2D eigenvalue weighted by molar-refractivity contribution is 0.313. The average molecular weight is 428 g/mol. The van der Waals surface area contributed by atoms with Crippen molar-refractivity contribution in [2.24, 2.45) is 0 Å². The van der Waals surface area contributed by atoms with E-state index in [2.05, 4.69) is 16.8 Å². The fraction of sp³-hybridized carbons (Fsp3) is 0.348. The molecule has 0 radical (unpaired) electrons. The number of halogens is 1. The van der Waals surface area contributed by atoms with Crippen LogP contribution in [0.3, 0.4) is 0 Å². The molecular weight excluding hydrogens is 403 g/mol. The molecule has 164 valence electrons. The molecule has 31 heavy (non-hydrogen) atoms. The minimum atomic E-state index is -0.339. The van der Waals surface area contributed by atoms with Gasteiger partial charge in [0.1, 0.15) is 22.5 Å². The Kier molecular flexibility index (Phi) is 5.73. The van der Waals surface area contributed by atoms with E-state index in [1.165, 1.54) is 39.5 Å². The van der Waals surface area contributed by atoms with Gasteiger partial charge in [0.2, 0.25) is 5.75 Å². The Bertz CT molecular complexity index is 1170. The van der Waals surface area contributed by atoms with Gasteiger partial charge in [-0.1, -0.05) is 0 Å². The third kappa shape index (κ3) is 3.79. The molecule has 3 aromatic rings. The molecule has 0 atom stereocenters. The normalized spacial score (nSPS) is 14.7. The Labute approximate surface area is 179 Å². The molecule has 2 heterocycles. The summed E-state index contributed by atoms with van der Waals surface area (Å²) in [6, 6.07) is 7.50. The van der Waals surface area contributed by atoms with Gasteiger partial charge in [0.05, 0.1) is 27.0 Å². The fourth-order valence-electron chi connectivity index (χ4n) is 3.94. The number of hydrogen-bond donors (Lipinski definition) is 0. The zero-order valence-corrected chi connectivity index (χ0v) is 18.0. The zero-order chi connectivity index (χ0) is 22.1. The van der Waals surface area contributed by atoms with Crippen molar-refractivity contribution in [3.05, 3.63) is 46.4 Å². The molecule has 7 nitrogen and oxygen atoms in total. The lowest BCUT2D eigenvalue weighted by Gasteiger charge is -2.35. The third-order valence-corrected chi connectivity index (χ3v) is 5.59. The Hall–Kier alpha value is -3.26. The number of hydrogen-bond acceptors (Lipinski definition) is 7. The van der Waals surface area contributed by atoms with Gasteiger partial charge in [-0.3, -0.25) is 4.79 Å². The number of nitrogens with zero attached hydrogens (tertiary/aromatic N) is 2. The second kappa shape index (κ2) is 8.47. The highest BCUT2D eigenvalue weighted by Crippen LogP contribution is 2.43. The van der Waals surface area contributed by atoms with Crippen LogP contribution in [0.15, 0.2) is 39.5 Å². The minimum absolute atomic E-state index is 0.246. The molecule has 8 heteroatoms. The predicted molar refractivity (Wildman–Crippen MR) is 117 cm³/mol. The lowest BCUT2D eigenvalue weighted by Crippen LogP contribution is -2.44. The van der Waals surface area contributed by atoms with Crippen molar-refractivity contribution in [3.63, 3.8) is 0 Å². The van der Waals surface area contributed by atoms with Gasteiger partial charge in [0.15, 0.2) is 16.9 Å². The van der Waals surface area contributed by atoms with Gasteiger partial charge in [-0.25, -0.2) is 4.39 Å². The van der Waals surface area contributed by atoms with Crippen molar-refractivity contribution in [1.29, 1.82) is 0 Å². The first-order valence-electron chi connectivity index (χ1n) is 9.97. The first-order valence-corrected chi connectivity index (χ1v) is 9.97. The Morgan fingerprint density at radius 3 is 2.29 bits per heavy atom. The maximum Gasteiger partial charge on any atom is 0.204 e. The van der Waals surface area contributed by atoms with Gasteiger partial charge in [0.25, 0.3) is 0 Å². The molecule has 0 unspecified atom stereocenters. The van der Waals surface area contributed by atoms with E-state index in [0.717, 1.165) is 26.2 Å². The van der Waals surface area contributed by atoms with Crippen molar-refractivity contribution >= 4 is 16.7 Å². The van der Waals surface area contributed by atoms with Crippen molar-refractivity contribution in [1.82, 2.24) is 4.90 Å². The van der Waals surface area contributed by atoms with E-state index in [0.29, 0.717) is 34.1 Å². The summed E-state index contributed by atoms with van der Waals surface area (Å²) >= 11 is 0. The minimum Gasteiger partial charge on any atom is -0.493 e. The number of methoxy groups -OCH3 is 3. The fourth-order valence-corrected chi connectivity index (χ4v) is 3.94. The highest BCUT2D eigenvalue weighted by Gasteiger charge is 2.23. The molecule has 0 saturated carbocycles. The summed E-state index contributed by atoms with van der Waals surface area (Å²) in [6.45, 7) is 3.24. The largest absolute Gasteiger partial charge is 0.493 e. The SMILES string of the molecule is COc1cc2oc(-c3ccc(F)cc3N3CCN(C)CC3)cc(=O)c2c(OC)c1OC. The summed E-state index contributed by atoms with van der Waals surface area (Å²) in [6.07, 6.45) is 0. The van der Waals surface area contributed by atoms with E-state index >= 15 is 0 Å². The molecule has 0 spiro atoms. The van der Waals surface area contributed by atoms with E-state index in [1.807, 2.05) is 0 Å². The molecule has 0 bridgehead atoms. The summed E-state index contributed by atoms with van der Waals surface area (Å²) in [5.41, 5.74) is 1.36. The van der Waals surface area contributed by atoms with E-state index in [4.69, 9.17) is 18.6 Å². The molecule has 2 aromatic carbocycles. The molecule has 0 amide bonds. The average Bonchev–Trinajstić information content (AvgIpc) is 2.77. The lowest BCUT2D eigenvalue weighted by atomic mass is 10.1. The molecule has 4 rings (SSSR count). The molecule has 0 aliphatic carbocycles. The molecule has 1 aromatic heterocycles. The maximum atomic E-state index is 14.1. The maximum absolute atomic E-state index is 14.1. The quantitative estimate of drug-likeness (QED) is 0.617. The van der Waals surface area contributed by atoms with E-state index < -0.39 is 0 Å². The van der Waals surface area contributed by atoms with Gasteiger partial charge < -0.3 is 28.4 Å². The Balaban J connectivity index is 1.91. The van der Waals surface area contributed by atoms with Gasteiger partial charge >= 0.3 is 0 Å². The van der Waals surface area contributed by atoms with Crippen LogP contribution >= 0.6 is 0 Å². The van der Waals surface area contributed by atoms with Gasteiger partial charge in [-0.2, -0.15) is 0 Å². The van der Waals surface area contributed by atoms with Crippen molar-refractivity contribution in [3.8, 4) is 28.6 Å². The highest BCUT2D eigenvalue weighted by molar-refractivity contribution is 5.90. The summed E-state index contributed by atoms with van der Waals surface area (Å²) < 4.78 is 36.5. The molecule has 1 aliphatic heterocycles. The van der Waals surface area contributed by atoms with E-state index in [1.54, 1.807) is 12.1 Å². The topological polar surface area (TPSA) is 64.4 Å². The Morgan fingerprint density at radius 1 is 0.935 bits per heavy atom. The molecule has 1 fully saturated rings. The molecule has 1 saturated heterocycles. The summed E-state index contributed by atoms with van der Waals surface area (Å²) in [4.78, 5) is 17.4. The van der Waals surface area contributed by atoms with Crippen LogP contribution in [0.2, 0.25) is 0 Å². The van der Waals surface area contributed by atoms with Gasteiger partial charge in [-0.15, -0.1) is 0 Å². The monoisotopic (exact) mass is 428 g/mol. The van der Waals surface area contributed by atoms with Crippen LogP contribution < -0.4 is 24.5 Å². The number of rotatable bonds is 5. The summed E-state index contributed by atoms with van der Waals surface area (Å²) in [5, 5.41) is 0.257. The van der Waals surface area contributed by atoms with Crippen LogP contribution in [0.25, 0.3) is 22.3 Å². The Morgan fingerprint density at radius 2 is 1.65 bits per heavy atom. The molecular formula is C23H25FN2O5. The number of likely N-dealkylation sites (N-methyl/N-ethyl adjacent to an activating group) is 1. The van der Waals surface area contributed by atoms with Crippen LogP contribution in [0, 0.1) is 5.82 Å².